The van der Waals surface area contributed by atoms with Crippen LogP contribution in [0, 0.1) is 6.92 Å². The van der Waals surface area contributed by atoms with Crippen LogP contribution in [0.25, 0.3) is 10.9 Å². The van der Waals surface area contributed by atoms with Crippen molar-refractivity contribution in [3.05, 3.63) is 99.3 Å². The van der Waals surface area contributed by atoms with Gasteiger partial charge in [-0.2, -0.15) is 0 Å². The summed E-state index contributed by atoms with van der Waals surface area (Å²) in [5.41, 5.74) is 6.59. The van der Waals surface area contributed by atoms with Gasteiger partial charge in [0.1, 0.15) is 12.4 Å². The minimum Gasteiger partial charge on any atom is -0.497 e. The van der Waals surface area contributed by atoms with E-state index < -0.39 is 5.92 Å². The van der Waals surface area contributed by atoms with Gasteiger partial charge in [-0.25, -0.2) is 0 Å². The Kier molecular flexibility index (Phi) is 11.6. The van der Waals surface area contributed by atoms with Crippen LogP contribution in [-0.4, -0.2) is 30.2 Å². The second-order valence-electron chi connectivity index (χ2n) is 10.8. The number of hydrogen-bond acceptors (Lipinski definition) is 4. The Morgan fingerprint density at radius 3 is 2.20 bits per heavy atom. The minimum atomic E-state index is -0.580. The zero-order valence-corrected chi connectivity index (χ0v) is 26.1. The van der Waals surface area contributed by atoms with E-state index in [1.54, 1.807) is 35.9 Å². The summed E-state index contributed by atoms with van der Waals surface area (Å²) in [6.07, 6.45) is 10.6. The Labute approximate surface area is 249 Å². The van der Waals surface area contributed by atoms with E-state index in [2.05, 4.69) is 39.8 Å². The highest BCUT2D eigenvalue weighted by atomic mass is 35.5. The van der Waals surface area contributed by atoms with Gasteiger partial charge in [0.15, 0.2) is 0 Å². The molecule has 0 saturated carbocycles. The SMILES string of the molecule is COc1ccc2c(c1)c(C(C)C(=O)OC/C=C(\C)CC/C=C(\C)CCC=C(C)C)c(C)n2C(=O)c1ccc(Cl)cc1. The molecule has 0 aliphatic heterocycles. The number of ether oxygens (including phenoxy) is 2. The number of allylic oxidation sites excluding steroid dienone is 5. The lowest BCUT2D eigenvalue weighted by atomic mass is 9.98. The molecular weight excluding hydrogens is 534 g/mol. The standard InChI is InChI=1S/C35H42ClNO4/c1-23(2)10-8-11-24(3)12-9-13-25(4)20-21-41-35(39)26(5)33-27(6)37(32-19-18-30(40-7)22-31(32)33)34(38)28-14-16-29(36)17-15-28/h10,12,14-20,22,26H,8-9,11,13,21H2,1-7H3/b24-12+,25-20+. The van der Waals surface area contributed by atoms with E-state index in [-0.39, 0.29) is 18.5 Å². The third-order valence-electron chi connectivity index (χ3n) is 7.32. The van der Waals surface area contributed by atoms with Crippen molar-refractivity contribution in [1.82, 2.24) is 4.57 Å². The number of aromatic nitrogens is 1. The Morgan fingerprint density at radius 2 is 1.56 bits per heavy atom. The molecule has 0 aliphatic carbocycles. The van der Waals surface area contributed by atoms with Crippen LogP contribution in [0.2, 0.25) is 5.02 Å². The molecule has 0 bridgehead atoms. The number of methoxy groups -OCH3 is 1. The first-order valence-electron chi connectivity index (χ1n) is 14.1. The molecule has 0 spiro atoms. The maximum Gasteiger partial charge on any atom is 0.313 e. The fourth-order valence-corrected chi connectivity index (χ4v) is 5.05. The highest BCUT2D eigenvalue weighted by Gasteiger charge is 2.27. The van der Waals surface area contributed by atoms with Crippen LogP contribution in [0.3, 0.4) is 0 Å². The monoisotopic (exact) mass is 575 g/mol. The molecule has 1 aromatic heterocycles. The molecule has 0 N–H and O–H groups in total. The van der Waals surface area contributed by atoms with Crippen molar-refractivity contribution in [2.45, 2.75) is 73.1 Å². The average molecular weight is 576 g/mol. The number of benzene rings is 2. The van der Waals surface area contributed by atoms with Crippen LogP contribution >= 0.6 is 11.6 Å². The van der Waals surface area contributed by atoms with E-state index in [0.29, 0.717) is 27.5 Å². The Balaban J connectivity index is 1.74. The van der Waals surface area contributed by atoms with Crippen LogP contribution < -0.4 is 4.74 Å². The maximum atomic E-state index is 13.6. The van der Waals surface area contributed by atoms with Gasteiger partial charge in [0.25, 0.3) is 5.91 Å². The van der Waals surface area contributed by atoms with Crippen LogP contribution in [0.15, 0.2) is 77.4 Å². The van der Waals surface area contributed by atoms with Crippen molar-refractivity contribution < 1.29 is 19.1 Å². The molecule has 5 nitrogen and oxygen atoms in total. The number of esters is 1. The summed E-state index contributed by atoms with van der Waals surface area (Å²) in [4.78, 5) is 26.8. The van der Waals surface area contributed by atoms with E-state index in [0.717, 1.165) is 36.6 Å². The Morgan fingerprint density at radius 1 is 0.927 bits per heavy atom. The lowest BCUT2D eigenvalue weighted by Gasteiger charge is -2.13. The maximum absolute atomic E-state index is 13.6. The van der Waals surface area contributed by atoms with E-state index >= 15 is 0 Å². The minimum absolute atomic E-state index is 0.194. The molecule has 2 aromatic carbocycles. The van der Waals surface area contributed by atoms with Gasteiger partial charge in [0, 0.05) is 21.7 Å². The van der Waals surface area contributed by atoms with Gasteiger partial charge >= 0.3 is 5.97 Å². The molecule has 1 atom stereocenters. The molecule has 1 unspecified atom stereocenters. The third-order valence-corrected chi connectivity index (χ3v) is 7.57. The van der Waals surface area contributed by atoms with Crippen LogP contribution in [-0.2, 0) is 9.53 Å². The summed E-state index contributed by atoms with van der Waals surface area (Å²) < 4.78 is 12.8. The number of halogens is 1. The summed E-state index contributed by atoms with van der Waals surface area (Å²) in [6, 6.07) is 12.3. The molecule has 0 radical (unpaired) electrons. The molecule has 1 heterocycles. The second-order valence-corrected chi connectivity index (χ2v) is 11.3. The number of nitrogens with zero attached hydrogens (tertiary/aromatic N) is 1. The largest absolute Gasteiger partial charge is 0.497 e. The van der Waals surface area contributed by atoms with Crippen molar-refractivity contribution in [1.29, 1.82) is 0 Å². The average Bonchev–Trinajstić information content (AvgIpc) is 3.22. The first-order chi connectivity index (χ1) is 19.5. The molecular formula is C35H42ClNO4. The lowest BCUT2D eigenvalue weighted by Crippen LogP contribution is -2.17. The van der Waals surface area contributed by atoms with Gasteiger partial charge < -0.3 is 9.47 Å². The highest BCUT2D eigenvalue weighted by molar-refractivity contribution is 6.30. The highest BCUT2D eigenvalue weighted by Crippen LogP contribution is 2.35. The molecule has 0 saturated heterocycles. The topological polar surface area (TPSA) is 57.5 Å². The summed E-state index contributed by atoms with van der Waals surface area (Å²) in [7, 11) is 1.59. The Bertz CT molecular complexity index is 1470. The van der Waals surface area contributed by atoms with E-state index in [9.17, 15) is 9.59 Å². The predicted octanol–water partition coefficient (Wildman–Crippen LogP) is 9.37. The van der Waals surface area contributed by atoms with Gasteiger partial charge in [0.2, 0.25) is 0 Å². The summed E-state index contributed by atoms with van der Waals surface area (Å²) in [6.45, 7) is 12.4. The number of carbonyl (C=O) groups excluding carboxylic acids is 2. The van der Waals surface area contributed by atoms with E-state index in [4.69, 9.17) is 21.1 Å². The van der Waals surface area contributed by atoms with Gasteiger partial charge in [-0.1, -0.05) is 40.5 Å². The van der Waals surface area contributed by atoms with Crippen LogP contribution in [0.5, 0.6) is 5.75 Å². The molecule has 0 fully saturated rings. The number of fused-ring (bicyclic) bond motifs is 1. The summed E-state index contributed by atoms with van der Waals surface area (Å²) >= 11 is 6.03. The molecule has 218 valence electrons. The van der Waals surface area contributed by atoms with Gasteiger partial charge in [-0.05, 0) is 121 Å². The van der Waals surface area contributed by atoms with Crippen molar-refractivity contribution in [3.63, 3.8) is 0 Å². The molecule has 3 aromatic rings. The van der Waals surface area contributed by atoms with Crippen LogP contribution in [0.4, 0.5) is 0 Å². The van der Waals surface area contributed by atoms with Gasteiger partial charge in [0.05, 0.1) is 18.5 Å². The predicted molar refractivity (Wildman–Crippen MR) is 169 cm³/mol. The van der Waals surface area contributed by atoms with Crippen molar-refractivity contribution in [2.24, 2.45) is 0 Å². The quantitative estimate of drug-likeness (QED) is 0.159. The lowest BCUT2D eigenvalue weighted by molar-refractivity contribution is -0.143. The summed E-state index contributed by atoms with van der Waals surface area (Å²) in [5, 5.41) is 1.34. The molecule has 0 aliphatic rings. The smallest absolute Gasteiger partial charge is 0.313 e. The molecule has 41 heavy (non-hydrogen) atoms. The molecule has 0 amide bonds. The Hall–Kier alpha value is -3.57. The fourth-order valence-electron chi connectivity index (χ4n) is 4.93. The van der Waals surface area contributed by atoms with Crippen molar-refractivity contribution in [3.8, 4) is 5.75 Å². The first kappa shape index (κ1) is 32.0. The molecule has 3 rings (SSSR count). The third kappa shape index (κ3) is 8.46. The summed E-state index contributed by atoms with van der Waals surface area (Å²) in [5.74, 6) is -0.465. The zero-order chi connectivity index (χ0) is 30.1. The second kappa shape index (κ2) is 14.9. The van der Waals surface area contributed by atoms with Crippen molar-refractivity contribution >= 4 is 34.4 Å². The van der Waals surface area contributed by atoms with Gasteiger partial charge in [-0.3, -0.25) is 14.2 Å². The number of carbonyl (C=O) groups is 2. The fraction of sp³-hybridized carbons (Fsp3) is 0.371. The van der Waals surface area contributed by atoms with Gasteiger partial charge in [-0.15, -0.1) is 0 Å². The molecule has 6 heteroatoms. The van der Waals surface area contributed by atoms with Crippen molar-refractivity contribution in [2.75, 3.05) is 13.7 Å². The zero-order valence-electron chi connectivity index (χ0n) is 25.3. The van der Waals surface area contributed by atoms with Crippen LogP contribution in [0.1, 0.15) is 87.8 Å². The normalized spacial score (nSPS) is 12.8. The van der Waals surface area contributed by atoms with E-state index in [1.165, 1.54) is 16.7 Å². The van der Waals surface area contributed by atoms with E-state index in [1.807, 2.05) is 38.1 Å². The first-order valence-corrected chi connectivity index (χ1v) is 14.5. The number of hydrogen-bond donors (Lipinski definition) is 0. The number of rotatable bonds is 12.